The van der Waals surface area contributed by atoms with Crippen LogP contribution in [0.25, 0.3) is 21.5 Å². The van der Waals surface area contributed by atoms with Gasteiger partial charge in [0.05, 0.1) is 0 Å². The van der Waals surface area contributed by atoms with Crippen molar-refractivity contribution < 1.29 is 0 Å². The van der Waals surface area contributed by atoms with E-state index in [4.69, 9.17) is 0 Å². The minimum atomic E-state index is -0.0836. The van der Waals surface area contributed by atoms with Crippen molar-refractivity contribution in [3.8, 4) is 0 Å². The molecule has 4 nitrogen and oxygen atoms in total. The molecule has 2 aromatic carbocycles. The van der Waals surface area contributed by atoms with E-state index in [1.165, 1.54) is 0 Å². The van der Waals surface area contributed by atoms with Gasteiger partial charge in [-0.25, -0.2) is 0 Å². The maximum Gasteiger partial charge on any atom is 0.258 e. The summed E-state index contributed by atoms with van der Waals surface area (Å²) in [5.41, 5.74) is 2.01. The molecule has 4 heteroatoms. The Morgan fingerprint density at radius 1 is 0.833 bits per heavy atom. The van der Waals surface area contributed by atoms with Crippen molar-refractivity contribution >= 4 is 21.5 Å². The molecule has 0 unspecified atom stereocenters. The Kier molecular flexibility index (Phi) is 3.31. The highest BCUT2D eigenvalue weighted by molar-refractivity contribution is 5.87. The van der Waals surface area contributed by atoms with Gasteiger partial charge < -0.3 is 9.55 Å². The molecule has 0 aliphatic heterocycles. The Bertz CT molecular complexity index is 1190. The molecule has 4 aromatic rings. The zero-order chi connectivity index (χ0) is 16.7. The highest BCUT2D eigenvalue weighted by Crippen LogP contribution is 2.22. The summed E-state index contributed by atoms with van der Waals surface area (Å²) in [6.07, 6.45) is 4.29. The summed E-state index contributed by atoms with van der Waals surface area (Å²) in [6.45, 7) is 0. The molecule has 24 heavy (non-hydrogen) atoms. The lowest BCUT2D eigenvalue weighted by molar-refractivity contribution is 0.860. The first-order valence-electron chi connectivity index (χ1n) is 7.82. The zero-order valence-corrected chi connectivity index (χ0v) is 13.2. The number of benzene rings is 2. The van der Waals surface area contributed by atoms with E-state index in [-0.39, 0.29) is 11.1 Å². The van der Waals surface area contributed by atoms with Gasteiger partial charge in [0.1, 0.15) is 0 Å². The van der Waals surface area contributed by atoms with Crippen molar-refractivity contribution in [3.05, 3.63) is 92.8 Å². The highest BCUT2D eigenvalue weighted by Gasteiger charge is 2.10. The lowest BCUT2D eigenvalue weighted by atomic mass is 9.98. The van der Waals surface area contributed by atoms with Crippen LogP contribution in [0.15, 0.2) is 70.5 Å². The minimum Gasteiger partial charge on any atom is -0.328 e. The molecule has 0 amide bonds. The second-order valence-electron chi connectivity index (χ2n) is 5.98. The summed E-state index contributed by atoms with van der Waals surface area (Å²) in [5, 5.41) is 3.30. The fourth-order valence-electron chi connectivity index (χ4n) is 3.26. The Morgan fingerprint density at radius 3 is 2.12 bits per heavy atom. The van der Waals surface area contributed by atoms with Crippen LogP contribution < -0.4 is 11.1 Å². The minimum absolute atomic E-state index is 0.000627. The Morgan fingerprint density at radius 2 is 1.42 bits per heavy atom. The average molecular weight is 316 g/mol. The molecule has 0 bridgehead atoms. The van der Waals surface area contributed by atoms with Crippen molar-refractivity contribution in [1.82, 2.24) is 9.55 Å². The molecule has 1 N–H and O–H groups in total. The maximum atomic E-state index is 12.3. The normalized spacial score (nSPS) is 11.2. The number of nitrogens with one attached hydrogen (secondary N) is 1. The Balaban J connectivity index is 1.96. The largest absolute Gasteiger partial charge is 0.328 e. The van der Waals surface area contributed by atoms with Gasteiger partial charge in [0.2, 0.25) is 0 Å². The van der Waals surface area contributed by atoms with E-state index in [1.54, 1.807) is 17.8 Å². The molecule has 0 fully saturated rings. The monoisotopic (exact) mass is 316 g/mol. The van der Waals surface area contributed by atoms with Crippen LogP contribution in [-0.2, 0) is 13.5 Å². The first-order chi connectivity index (χ1) is 11.6. The van der Waals surface area contributed by atoms with Gasteiger partial charge in [0, 0.05) is 36.6 Å². The highest BCUT2D eigenvalue weighted by atomic mass is 16.1. The fraction of sp³-hybridized carbons (Fsp3) is 0.100. The summed E-state index contributed by atoms with van der Waals surface area (Å²) >= 11 is 0. The first-order valence-corrected chi connectivity index (χ1v) is 7.82. The van der Waals surface area contributed by atoms with Crippen LogP contribution in [0.1, 0.15) is 11.1 Å². The van der Waals surface area contributed by atoms with Gasteiger partial charge in [-0.05, 0) is 34.0 Å². The molecule has 0 atom stereocenters. The van der Waals surface area contributed by atoms with Gasteiger partial charge >= 0.3 is 0 Å². The third kappa shape index (κ3) is 2.24. The average Bonchev–Trinajstić information content (AvgIpc) is 2.62. The van der Waals surface area contributed by atoms with Gasteiger partial charge in [-0.3, -0.25) is 9.59 Å². The number of aromatic amines is 1. The smallest absolute Gasteiger partial charge is 0.258 e. The number of H-pyrrole nitrogens is 1. The summed E-state index contributed by atoms with van der Waals surface area (Å²) < 4.78 is 1.62. The lowest BCUT2D eigenvalue weighted by Gasteiger charge is -2.11. The summed E-state index contributed by atoms with van der Waals surface area (Å²) in [7, 11) is 1.77. The number of nitrogens with zero attached hydrogens (tertiary/aromatic N) is 1. The van der Waals surface area contributed by atoms with Gasteiger partial charge in [-0.15, -0.1) is 0 Å². The number of aryl methyl sites for hydroxylation is 1. The molecule has 0 aliphatic carbocycles. The molecule has 4 rings (SSSR count). The molecular formula is C20H16N2O2. The fourth-order valence-corrected chi connectivity index (χ4v) is 3.26. The van der Waals surface area contributed by atoms with Crippen molar-refractivity contribution in [2.24, 2.45) is 7.05 Å². The third-order valence-corrected chi connectivity index (χ3v) is 4.45. The predicted octanol–water partition coefficient (Wildman–Crippen LogP) is 2.97. The second-order valence-corrected chi connectivity index (χ2v) is 5.98. The van der Waals surface area contributed by atoms with Crippen LogP contribution in [-0.4, -0.2) is 9.55 Å². The maximum absolute atomic E-state index is 12.3. The number of hydrogen-bond acceptors (Lipinski definition) is 2. The quantitative estimate of drug-likeness (QED) is 0.618. The van der Waals surface area contributed by atoms with Gasteiger partial charge in [-0.1, -0.05) is 36.4 Å². The standard InChI is InChI=1S/C20H16N2O2/c1-22-12-14(16-7-3-5-9-18(16)20(22)24)10-13-11-21-19(23)17-8-4-2-6-15(13)17/h2-9,11-12H,10H2,1H3,(H,21,23). The topological polar surface area (TPSA) is 54.9 Å². The molecule has 2 heterocycles. The molecule has 0 spiro atoms. The SMILES string of the molecule is Cn1cc(Cc2c[nH]c(=O)c3ccccc23)c2ccccc2c1=O. The second kappa shape index (κ2) is 5.49. The molecule has 118 valence electrons. The summed E-state index contributed by atoms with van der Waals surface area (Å²) in [5.74, 6) is 0. The van der Waals surface area contributed by atoms with E-state index in [9.17, 15) is 9.59 Å². The summed E-state index contributed by atoms with van der Waals surface area (Å²) in [4.78, 5) is 27.1. The first kappa shape index (κ1) is 14.5. The number of fused-ring (bicyclic) bond motifs is 2. The van der Waals surface area contributed by atoms with E-state index >= 15 is 0 Å². The molecule has 0 aliphatic rings. The third-order valence-electron chi connectivity index (χ3n) is 4.45. The van der Waals surface area contributed by atoms with E-state index in [2.05, 4.69) is 4.98 Å². The van der Waals surface area contributed by atoms with Crippen molar-refractivity contribution in [2.75, 3.05) is 0 Å². The van der Waals surface area contributed by atoms with Crippen molar-refractivity contribution in [3.63, 3.8) is 0 Å². The Labute approximate surface area is 138 Å². The van der Waals surface area contributed by atoms with Crippen LogP contribution in [0.3, 0.4) is 0 Å². The zero-order valence-electron chi connectivity index (χ0n) is 13.2. The van der Waals surface area contributed by atoms with E-state index in [0.717, 1.165) is 21.9 Å². The van der Waals surface area contributed by atoms with Crippen molar-refractivity contribution in [1.29, 1.82) is 0 Å². The molecular weight excluding hydrogens is 300 g/mol. The molecule has 2 aromatic heterocycles. The lowest BCUT2D eigenvalue weighted by Crippen LogP contribution is -2.17. The van der Waals surface area contributed by atoms with Crippen LogP contribution in [0.2, 0.25) is 0 Å². The Hall–Kier alpha value is -3.14. The van der Waals surface area contributed by atoms with E-state index in [1.807, 2.05) is 54.7 Å². The molecule has 0 saturated carbocycles. The number of pyridine rings is 2. The van der Waals surface area contributed by atoms with Gasteiger partial charge in [-0.2, -0.15) is 0 Å². The molecule has 0 saturated heterocycles. The molecule has 0 radical (unpaired) electrons. The predicted molar refractivity (Wildman–Crippen MR) is 96.6 cm³/mol. The number of rotatable bonds is 2. The van der Waals surface area contributed by atoms with Crippen molar-refractivity contribution in [2.45, 2.75) is 6.42 Å². The number of aromatic nitrogens is 2. The van der Waals surface area contributed by atoms with Gasteiger partial charge in [0.15, 0.2) is 0 Å². The van der Waals surface area contributed by atoms with E-state index in [0.29, 0.717) is 17.2 Å². The van der Waals surface area contributed by atoms with Crippen LogP contribution >= 0.6 is 0 Å². The van der Waals surface area contributed by atoms with Gasteiger partial charge in [0.25, 0.3) is 11.1 Å². The van der Waals surface area contributed by atoms with Crippen LogP contribution in [0.5, 0.6) is 0 Å². The van der Waals surface area contributed by atoms with Crippen LogP contribution in [0, 0.1) is 0 Å². The van der Waals surface area contributed by atoms with Crippen LogP contribution in [0.4, 0.5) is 0 Å². The number of hydrogen-bond donors (Lipinski definition) is 1. The van der Waals surface area contributed by atoms with E-state index < -0.39 is 0 Å². The summed E-state index contributed by atoms with van der Waals surface area (Å²) in [6, 6.07) is 15.2.